The van der Waals surface area contributed by atoms with Crippen molar-refractivity contribution in [3.63, 3.8) is 0 Å². The number of nitrogens with zero attached hydrogens (tertiary/aromatic N) is 2. The molecule has 29 heavy (non-hydrogen) atoms. The zero-order valence-corrected chi connectivity index (χ0v) is 20.1. The number of anilines is 1. The maximum Gasteiger partial charge on any atom is 0.411 e. The van der Waals surface area contributed by atoms with Crippen molar-refractivity contribution >= 4 is 41.7 Å². The maximum atomic E-state index is 11.2. The Morgan fingerprint density at radius 3 is 2.45 bits per heavy atom. The Balaban J connectivity index is 0.00000420. The highest BCUT2D eigenvalue weighted by Gasteiger charge is 2.28. The van der Waals surface area contributed by atoms with Gasteiger partial charge in [0.15, 0.2) is 5.96 Å². The van der Waals surface area contributed by atoms with Crippen molar-refractivity contribution in [2.45, 2.75) is 32.9 Å². The van der Waals surface area contributed by atoms with Crippen LogP contribution >= 0.6 is 24.0 Å². The Labute approximate surface area is 190 Å². The molecule has 0 radical (unpaired) electrons. The number of hydrogen-bond donors (Lipinski definition) is 3. The Hall–Kier alpha value is -1.59. The van der Waals surface area contributed by atoms with E-state index in [9.17, 15) is 4.79 Å². The van der Waals surface area contributed by atoms with E-state index in [0.29, 0.717) is 12.2 Å². The van der Waals surface area contributed by atoms with Gasteiger partial charge in [0.1, 0.15) is 0 Å². The second kappa shape index (κ2) is 12.9. The molecule has 9 heteroatoms. The molecule has 0 bridgehead atoms. The van der Waals surface area contributed by atoms with Crippen molar-refractivity contribution < 1.29 is 14.3 Å². The Morgan fingerprint density at radius 1 is 1.21 bits per heavy atom. The van der Waals surface area contributed by atoms with E-state index in [0.717, 1.165) is 50.9 Å². The van der Waals surface area contributed by atoms with E-state index in [2.05, 4.69) is 51.4 Å². The molecule has 1 saturated heterocycles. The van der Waals surface area contributed by atoms with Crippen LogP contribution in [0, 0.1) is 0 Å². The van der Waals surface area contributed by atoms with Crippen molar-refractivity contribution in [1.82, 2.24) is 15.5 Å². The minimum absolute atomic E-state index is 0. The molecule has 3 N–H and O–H groups in total. The number of hydrogen-bond acceptors (Lipinski definition) is 5. The zero-order chi connectivity index (χ0) is 20.4. The second-order valence-corrected chi connectivity index (χ2v) is 7.27. The maximum absolute atomic E-state index is 11.2. The average molecular weight is 519 g/mol. The van der Waals surface area contributed by atoms with Gasteiger partial charge in [-0.15, -0.1) is 24.0 Å². The number of ether oxygens (including phenoxy) is 2. The predicted molar refractivity (Wildman–Crippen MR) is 127 cm³/mol. The molecule has 1 amide bonds. The number of carbonyl (C=O) groups excluding carboxylic acids is 1. The molecule has 0 saturated carbocycles. The van der Waals surface area contributed by atoms with Gasteiger partial charge in [-0.25, -0.2) is 9.79 Å². The van der Waals surface area contributed by atoms with Gasteiger partial charge in [0, 0.05) is 37.4 Å². The summed E-state index contributed by atoms with van der Waals surface area (Å²) in [7, 11) is 1.34. The highest BCUT2D eigenvalue weighted by molar-refractivity contribution is 14.0. The van der Waals surface area contributed by atoms with Crippen LogP contribution in [0.5, 0.6) is 0 Å². The third kappa shape index (κ3) is 8.75. The summed E-state index contributed by atoms with van der Waals surface area (Å²) in [5.41, 5.74) is 1.76. The normalized spacial score (nSPS) is 15.2. The molecule has 0 aromatic heterocycles. The van der Waals surface area contributed by atoms with Gasteiger partial charge in [-0.3, -0.25) is 10.2 Å². The number of methoxy groups -OCH3 is 1. The van der Waals surface area contributed by atoms with E-state index in [1.807, 2.05) is 24.3 Å². The predicted octanol–water partition coefficient (Wildman–Crippen LogP) is 2.65. The van der Waals surface area contributed by atoms with Crippen LogP contribution in [0.1, 0.15) is 26.3 Å². The summed E-state index contributed by atoms with van der Waals surface area (Å²) in [6, 6.07) is 7.55. The van der Waals surface area contributed by atoms with E-state index in [-0.39, 0.29) is 29.5 Å². The molecule has 0 atom stereocenters. The molecule has 1 aromatic rings. The third-order valence-corrected chi connectivity index (χ3v) is 4.71. The van der Waals surface area contributed by atoms with Crippen molar-refractivity contribution in [3.05, 3.63) is 29.8 Å². The van der Waals surface area contributed by atoms with Crippen molar-refractivity contribution in [3.8, 4) is 0 Å². The van der Waals surface area contributed by atoms with Gasteiger partial charge >= 0.3 is 6.09 Å². The van der Waals surface area contributed by atoms with Crippen LogP contribution in [0.2, 0.25) is 0 Å². The van der Waals surface area contributed by atoms with Gasteiger partial charge in [0.2, 0.25) is 0 Å². The molecule has 1 fully saturated rings. The lowest BCUT2D eigenvalue weighted by Gasteiger charge is -2.41. The van der Waals surface area contributed by atoms with E-state index >= 15 is 0 Å². The SMILES string of the molecule is CCNC(=NCc1ccc(NC(=O)OC)cc1)NCC(C)(C)N1CCOCC1.I. The topological polar surface area (TPSA) is 87.2 Å². The Morgan fingerprint density at radius 2 is 1.86 bits per heavy atom. The largest absolute Gasteiger partial charge is 0.453 e. The molecule has 0 spiro atoms. The van der Waals surface area contributed by atoms with Crippen LogP contribution in [0.3, 0.4) is 0 Å². The molecule has 1 heterocycles. The fourth-order valence-corrected chi connectivity index (χ4v) is 2.95. The van der Waals surface area contributed by atoms with E-state index < -0.39 is 6.09 Å². The number of amides is 1. The summed E-state index contributed by atoms with van der Waals surface area (Å²) in [5.74, 6) is 0.792. The second-order valence-electron chi connectivity index (χ2n) is 7.27. The molecular formula is C20H34IN5O3. The number of rotatable bonds is 7. The van der Waals surface area contributed by atoms with Crippen LogP contribution in [-0.2, 0) is 16.0 Å². The van der Waals surface area contributed by atoms with Crippen LogP contribution in [-0.4, -0.2) is 69.0 Å². The van der Waals surface area contributed by atoms with Crippen LogP contribution in [0.4, 0.5) is 10.5 Å². The summed E-state index contributed by atoms with van der Waals surface area (Å²) in [4.78, 5) is 18.4. The lowest BCUT2D eigenvalue weighted by atomic mass is 10.0. The molecule has 1 aliphatic heterocycles. The lowest BCUT2D eigenvalue weighted by Crippen LogP contribution is -2.56. The van der Waals surface area contributed by atoms with Gasteiger partial charge in [0.05, 0.1) is 26.9 Å². The molecule has 0 aliphatic carbocycles. The van der Waals surface area contributed by atoms with Gasteiger partial charge < -0.3 is 20.1 Å². The Bertz CT molecular complexity index is 646. The molecular weight excluding hydrogens is 485 g/mol. The molecule has 0 unspecified atom stereocenters. The fourth-order valence-electron chi connectivity index (χ4n) is 2.95. The number of carbonyl (C=O) groups is 1. The summed E-state index contributed by atoms with van der Waals surface area (Å²) in [6.07, 6.45) is -0.479. The number of nitrogens with one attached hydrogen (secondary N) is 3. The molecule has 8 nitrogen and oxygen atoms in total. The van der Waals surface area contributed by atoms with E-state index in [4.69, 9.17) is 4.74 Å². The Kier molecular flexibility index (Phi) is 11.3. The molecule has 164 valence electrons. The first kappa shape index (κ1) is 25.4. The van der Waals surface area contributed by atoms with Crippen molar-refractivity contribution in [2.75, 3.05) is 51.8 Å². The molecule has 1 aliphatic rings. The first-order valence-electron chi connectivity index (χ1n) is 9.73. The minimum atomic E-state index is -0.479. The van der Waals surface area contributed by atoms with Gasteiger partial charge in [-0.2, -0.15) is 0 Å². The quantitative estimate of drug-likeness (QED) is 0.292. The first-order chi connectivity index (χ1) is 13.4. The zero-order valence-electron chi connectivity index (χ0n) is 17.8. The monoisotopic (exact) mass is 519 g/mol. The highest BCUT2D eigenvalue weighted by Crippen LogP contribution is 2.15. The van der Waals surface area contributed by atoms with E-state index in [1.54, 1.807) is 0 Å². The summed E-state index contributed by atoms with van der Waals surface area (Å²) < 4.78 is 10.0. The van der Waals surface area contributed by atoms with Gasteiger partial charge in [-0.1, -0.05) is 12.1 Å². The number of morpholine rings is 1. The highest BCUT2D eigenvalue weighted by atomic mass is 127. The van der Waals surface area contributed by atoms with Gasteiger partial charge in [-0.05, 0) is 38.5 Å². The fraction of sp³-hybridized carbons (Fsp3) is 0.600. The van der Waals surface area contributed by atoms with Crippen molar-refractivity contribution in [2.24, 2.45) is 4.99 Å². The smallest absolute Gasteiger partial charge is 0.411 e. The summed E-state index contributed by atoms with van der Waals surface area (Å²) in [5, 5.41) is 9.39. The summed E-state index contributed by atoms with van der Waals surface area (Å²) in [6.45, 7) is 12.2. The lowest BCUT2D eigenvalue weighted by molar-refractivity contribution is -0.00834. The molecule has 1 aromatic carbocycles. The first-order valence-corrected chi connectivity index (χ1v) is 9.73. The number of benzene rings is 1. The number of aliphatic imine (C=N–C) groups is 1. The van der Waals surface area contributed by atoms with Crippen molar-refractivity contribution in [1.29, 1.82) is 0 Å². The standard InChI is InChI=1S/C20H33N5O3.HI/c1-5-21-18(23-15-20(2,3)25-10-12-28-13-11-25)22-14-16-6-8-17(9-7-16)24-19(26)27-4;/h6-9H,5,10-15H2,1-4H3,(H,24,26)(H2,21,22,23);1H. The van der Waals surface area contributed by atoms with Gasteiger partial charge in [0.25, 0.3) is 0 Å². The van der Waals surface area contributed by atoms with Crippen LogP contribution in [0.15, 0.2) is 29.3 Å². The summed E-state index contributed by atoms with van der Waals surface area (Å²) >= 11 is 0. The third-order valence-electron chi connectivity index (χ3n) is 4.71. The average Bonchev–Trinajstić information content (AvgIpc) is 2.71. The van der Waals surface area contributed by atoms with Crippen LogP contribution < -0.4 is 16.0 Å². The van der Waals surface area contributed by atoms with E-state index in [1.165, 1.54) is 7.11 Å². The minimum Gasteiger partial charge on any atom is -0.453 e. The molecule has 2 rings (SSSR count). The van der Waals surface area contributed by atoms with Crippen LogP contribution in [0.25, 0.3) is 0 Å². The number of guanidine groups is 1. The number of halogens is 1.